The number of hydrogen-bond acceptors (Lipinski definition) is 1. The molecule has 0 aliphatic rings. The standard InChI is InChI=1S/C5H9BrO/c1-4(6)5(2,3)7/h7H,1H2,2-3H3. The Balaban J connectivity index is 3.79. The van der Waals surface area contributed by atoms with Crippen molar-refractivity contribution in [3.63, 3.8) is 0 Å². The van der Waals surface area contributed by atoms with Crippen LogP contribution in [0.4, 0.5) is 0 Å². The Morgan fingerprint density at radius 3 is 1.86 bits per heavy atom. The number of hydrogen-bond donors (Lipinski definition) is 1. The largest absolute Gasteiger partial charge is 0.385 e. The van der Waals surface area contributed by atoms with Gasteiger partial charge in [-0.25, -0.2) is 0 Å². The van der Waals surface area contributed by atoms with Gasteiger partial charge in [-0.1, -0.05) is 22.5 Å². The van der Waals surface area contributed by atoms with E-state index in [9.17, 15) is 0 Å². The second-order valence-corrected chi connectivity index (χ2v) is 2.92. The Kier molecular flexibility index (Phi) is 2.02. The van der Waals surface area contributed by atoms with E-state index in [1.165, 1.54) is 0 Å². The van der Waals surface area contributed by atoms with E-state index in [0.717, 1.165) is 0 Å². The first-order chi connectivity index (χ1) is 2.94. The summed E-state index contributed by atoms with van der Waals surface area (Å²) < 4.78 is 0.611. The molecular weight excluding hydrogens is 156 g/mol. The molecule has 0 fully saturated rings. The van der Waals surface area contributed by atoms with Gasteiger partial charge in [-0.05, 0) is 13.8 Å². The first-order valence-corrected chi connectivity index (χ1v) is 2.81. The molecule has 0 heterocycles. The molecule has 0 aromatic rings. The van der Waals surface area contributed by atoms with E-state index in [1.54, 1.807) is 13.8 Å². The molecule has 42 valence electrons. The second kappa shape index (κ2) is 1.97. The molecule has 0 bridgehead atoms. The molecule has 0 aromatic heterocycles. The third kappa shape index (κ3) is 2.83. The molecular formula is C5H9BrO. The minimum atomic E-state index is -0.778. The van der Waals surface area contributed by atoms with E-state index in [-0.39, 0.29) is 0 Å². The quantitative estimate of drug-likeness (QED) is 0.626. The van der Waals surface area contributed by atoms with Crippen molar-refractivity contribution in [2.75, 3.05) is 0 Å². The van der Waals surface area contributed by atoms with Crippen LogP contribution in [0.15, 0.2) is 11.1 Å². The molecule has 0 saturated carbocycles. The lowest BCUT2D eigenvalue weighted by Crippen LogP contribution is -2.17. The fourth-order valence-corrected chi connectivity index (χ4v) is 0. The van der Waals surface area contributed by atoms with Crippen LogP contribution in [-0.4, -0.2) is 10.7 Å². The van der Waals surface area contributed by atoms with E-state index in [4.69, 9.17) is 5.11 Å². The smallest absolute Gasteiger partial charge is 0.0898 e. The van der Waals surface area contributed by atoms with Gasteiger partial charge < -0.3 is 5.11 Å². The van der Waals surface area contributed by atoms with Gasteiger partial charge in [0.1, 0.15) is 0 Å². The summed E-state index contributed by atoms with van der Waals surface area (Å²) in [6.07, 6.45) is 0. The molecule has 0 aliphatic carbocycles. The van der Waals surface area contributed by atoms with Crippen LogP contribution in [0.3, 0.4) is 0 Å². The van der Waals surface area contributed by atoms with Crippen LogP contribution >= 0.6 is 15.9 Å². The zero-order valence-electron chi connectivity index (χ0n) is 4.53. The predicted molar refractivity (Wildman–Crippen MR) is 34.4 cm³/mol. The predicted octanol–water partition coefficient (Wildman–Crippen LogP) is 1.67. The van der Waals surface area contributed by atoms with E-state index in [2.05, 4.69) is 22.5 Å². The summed E-state index contributed by atoms with van der Waals surface area (Å²) in [7, 11) is 0. The topological polar surface area (TPSA) is 20.2 Å². The number of aliphatic hydroxyl groups is 1. The summed E-state index contributed by atoms with van der Waals surface area (Å²) >= 11 is 3.05. The Morgan fingerprint density at radius 1 is 1.71 bits per heavy atom. The van der Waals surface area contributed by atoms with Gasteiger partial charge in [-0.2, -0.15) is 0 Å². The third-order valence-corrected chi connectivity index (χ3v) is 1.63. The Morgan fingerprint density at radius 2 is 1.86 bits per heavy atom. The van der Waals surface area contributed by atoms with Gasteiger partial charge in [-0.3, -0.25) is 0 Å². The van der Waals surface area contributed by atoms with Crippen LogP contribution in [0.5, 0.6) is 0 Å². The first-order valence-electron chi connectivity index (χ1n) is 2.02. The molecule has 1 nitrogen and oxygen atoms in total. The molecule has 0 amide bonds. The SMILES string of the molecule is C=C(Br)C(C)(C)O. The van der Waals surface area contributed by atoms with Crippen molar-refractivity contribution in [3.05, 3.63) is 11.1 Å². The van der Waals surface area contributed by atoms with Crippen LogP contribution in [0.25, 0.3) is 0 Å². The van der Waals surface area contributed by atoms with E-state index in [1.807, 2.05) is 0 Å². The summed E-state index contributed by atoms with van der Waals surface area (Å²) in [4.78, 5) is 0. The van der Waals surface area contributed by atoms with Gasteiger partial charge in [0, 0.05) is 4.48 Å². The lowest BCUT2D eigenvalue weighted by atomic mass is 10.1. The molecule has 0 saturated heterocycles. The van der Waals surface area contributed by atoms with Gasteiger partial charge in [0.2, 0.25) is 0 Å². The molecule has 0 aliphatic heterocycles. The summed E-state index contributed by atoms with van der Waals surface area (Å²) in [5, 5.41) is 8.95. The maximum atomic E-state index is 8.95. The van der Waals surface area contributed by atoms with Crippen molar-refractivity contribution in [1.29, 1.82) is 0 Å². The van der Waals surface area contributed by atoms with E-state index < -0.39 is 5.60 Å². The van der Waals surface area contributed by atoms with Crippen LogP contribution < -0.4 is 0 Å². The average molecular weight is 165 g/mol. The minimum absolute atomic E-state index is 0.611. The molecule has 0 spiro atoms. The molecule has 0 aromatic carbocycles. The number of halogens is 1. The van der Waals surface area contributed by atoms with Gasteiger partial charge in [0.05, 0.1) is 5.60 Å². The average Bonchev–Trinajstić information content (AvgIpc) is 1.31. The molecule has 0 atom stereocenters. The zero-order valence-corrected chi connectivity index (χ0v) is 6.12. The van der Waals surface area contributed by atoms with Crippen molar-refractivity contribution in [3.8, 4) is 0 Å². The lowest BCUT2D eigenvalue weighted by Gasteiger charge is -2.13. The van der Waals surface area contributed by atoms with Crippen molar-refractivity contribution in [2.24, 2.45) is 0 Å². The molecule has 2 heteroatoms. The Hall–Kier alpha value is 0.180. The maximum Gasteiger partial charge on any atom is 0.0898 e. The maximum absolute atomic E-state index is 8.95. The fraction of sp³-hybridized carbons (Fsp3) is 0.600. The summed E-state index contributed by atoms with van der Waals surface area (Å²) in [5.41, 5.74) is -0.778. The highest BCUT2D eigenvalue weighted by Crippen LogP contribution is 2.18. The normalized spacial score (nSPS) is 11.4. The molecule has 1 N–H and O–H groups in total. The van der Waals surface area contributed by atoms with Crippen LogP contribution in [0, 0.1) is 0 Å². The van der Waals surface area contributed by atoms with Gasteiger partial charge in [0.15, 0.2) is 0 Å². The first kappa shape index (κ1) is 7.18. The van der Waals surface area contributed by atoms with Crippen molar-refractivity contribution >= 4 is 15.9 Å². The Bertz CT molecular complexity index is 80.6. The van der Waals surface area contributed by atoms with Crippen molar-refractivity contribution in [1.82, 2.24) is 0 Å². The van der Waals surface area contributed by atoms with Gasteiger partial charge >= 0.3 is 0 Å². The van der Waals surface area contributed by atoms with E-state index in [0.29, 0.717) is 4.48 Å². The summed E-state index contributed by atoms with van der Waals surface area (Å²) in [5.74, 6) is 0. The van der Waals surface area contributed by atoms with E-state index >= 15 is 0 Å². The third-order valence-electron chi connectivity index (χ3n) is 0.664. The summed E-state index contributed by atoms with van der Waals surface area (Å²) in [6.45, 7) is 6.83. The fourth-order valence-electron chi connectivity index (χ4n) is 0. The molecule has 0 rings (SSSR count). The highest BCUT2D eigenvalue weighted by Gasteiger charge is 2.13. The van der Waals surface area contributed by atoms with Gasteiger partial charge in [-0.15, -0.1) is 0 Å². The van der Waals surface area contributed by atoms with Crippen LogP contribution in [0.1, 0.15) is 13.8 Å². The van der Waals surface area contributed by atoms with Crippen LogP contribution in [0.2, 0.25) is 0 Å². The Labute approximate surface area is 52.2 Å². The van der Waals surface area contributed by atoms with Crippen LogP contribution in [-0.2, 0) is 0 Å². The number of rotatable bonds is 1. The second-order valence-electron chi connectivity index (χ2n) is 1.96. The lowest BCUT2D eigenvalue weighted by molar-refractivity contribution is 0.130. The molecule has 7 heavy (non-hydrogen) atoms. The highest BCUT2D eigenvalue weighted by atomic mass is 79.9. The monoisotopic (exact) mass is 164 g/mol. The highest BCUT2D eigenvalue weighted by molar-refractivity contribution is 9.11. The van der Waals surface area contributed by atoms with Crippen molar-refractivity contribution in [2.45, 2.75) is 19.4 Å². The van der Waals surface area contributed by atoms with Crippen molar-refractivity contribution < 1.29 is 5.11 Å². The zero-order chi connectivity index (χ0) is 6.08. The minimum Gasteiger partial charge on any atom is -0.385 e. The summed E-state index contributed by atoms with van der Waals surface area (Å²) in [6, 6.07) is 0. The molecule has 0 unspecified atom stereocenters. The molecule has 0 radical (unpaired) electrons. The van der Waals surface area contributed by atoms with Gasteiger partial charge in [0.25, 0.3) is 0 Å².